The molecule has 110 valence electrons. The second-order valence-corrected chi connectivity index (χ2v) is 5.68. The lowest BCUT2D eigenvalue weighted by atomic mass is 9.87. The molecular weight excluding hydrogens is 266 g/mol. The lowest BCUT2D eigenvalue weighted by Gasteiger charge is -2.27. The summed E-state index contributed by atoms with van der Waals surface area (Å²) < 4.78 is 1.54. The molecule has 2 aromatic heterocycles. The molecule has 1 N–H and O–H groups in total. The molecule has 0 aliphatic heterocycles. The van der Waals surface area contributed by atoms with Crippen LogP contribution in [0.25, 0.3) is 5.82 Å². The number of rotatable bonds is 3. The minimum absolute atomic E-state index is 0.0436. The molecule has 1 aliphatic rings. The van der Waals surface area contributed by atoms with Crippen LogP contribution in [0.1, 0.15) is 43.0 Å². The van der Waals surface area contributed by atoms with Crippen molar-refractivity contribution in [1.29, 1.82) is 0 Å². The number of pyridine rings is 1. The highest BCUT2D eigenvalue weighted by Crippen LogP contribution is 2.23. The average molecular weight is 285 g/mol. The van der Waals surface area contributed by atoms with Crippen molar-refractivity contribution in [3.05, 3.63) is 36.5 Å². The van der Waals surface area contributed by atoms with Crippen molar-refractivity contribution >= 4 is 5.91 Å². The summed E-state index contributed by atoms with van der Waals surface area (Å²) in [6, 6.07) is 3.74. The zero-order valence-electron chi connectivity index (χ0n) is 12.1. The number of hydrogen-bond acceptors (Lipinski definition) is 4. The molecule has 0 radical (unpaired) electrons. The maximum Gasteiger partial charge on any atom is 0.251 e. The van der Waals surface area contributed by atoms with Crippen LogP contribution in [-0.2, 0) is 0 Å². The summed E-state index contributed by atoms with van der Waals surface area (Å²) in [6.45, 7) is 2.24. The van der Waals surface area contributed by atoms with E-state index in [0.717, 1.165) is 12.8 Å². The van der Waals surface area contributed by atoms with Gasteiger partial charge in [-0.05, 0) is 30.9 Å². The summed E-state index contributed by atoms with van der Waals surface area (Å²) in [5.41, 5.74) is 0.605. The van der Waals surface area contributed by atoms with Gasteiger partial charge < -0.3 is 5.32 Å². The zero-order chi connectivity index (χ0) is 14.7. The summed E-state index contributed by atoms with van der Waals surface area (Å²) >= 11 is 0. The SMILES string of the molecule is CC1CCCC(NC(=O)c2ccnc(-n3cncn3)c2)C1. The van der Waals surface area contributed by atoms with Crippen molar-refractivity contribution in [2.45, 2.75) is 38.6 Å². The molecule has 1 aliphatic carbocycles. The number of aromatic nitrogens is 4. The lowest BCUT2D eigenvalue weighted by Crippen LogP contribution is -2.38. The number of carbonyl (C=O) groups is 1. The maximum absolute atomic E-state index is 12.4. The number of amides is 1. The van der Waals surface area contributed by atoms with Gasteiger partial charge in [-0.3, -0.25) is 4.79 Å². The van der Waals surface area contributed by atoms with Crippen LogP contribution in [0.3, 0.4) is 0 Å². The van der Waals surface area contributed by atoms with Crippen LogP contribution in [0, 0.1) is 5.92 Å². The summed E-state index contributed by atoms with van der Waals surface area (Å²) in [5.74, 6) is 1.24. The second-order valence-electron chi connectivity index (χ2n) is 5.68. The molecule has 6 nitrogen and oxygen atoms in total. The fraction of sp³-hybridized carbons (Fsp3) is 0.467. The third-order valence-electron chi connectivity index (χ3n) is 3.93. The standard InChI is InChI=1S/C15H19N5O/c1-11-3-2-4-13(7-11)19-15(21)12-5-6-17-14(8-12)20-10-16-9-18-20/h5-6,8-11,13H,2-4,7H2,1H3,(H,19,21). The van der Waals surface area contributed by atoms with E-state index in [9.17, 15) is 4.79 Å². The molecule has 2 unspecified atom stereocenters. The van der Waals surface area contributed by atoms with Crippen LogP contribution in [0.4, 0.5) is 0 Å². The summed E-state index contributed by atoms with van der Waals surface area (Å²) in [4.78, 5) is 20.4. The van der Waals surface area contributed by atoms with Crippen molar-refractivity contribution in [2.75, 3.05) is 0 Å². The Balaban J connectivity index is 1.71. The molecule has 0 saturated heterocycles. The number of nitrogens with zero attached hydrogens (tertiary/aromatic N) is 4. The monoisotopic (exact) mass is 285 g/mol. The van der Waals surface area contributed by atoms with E-state index in [1.807, 2.05) is 0 Å². The van der Waals surface area contributed by atoms with Gasteiger partial charge in [-0.15, -0.1) is 0 Å². The summed E-state index contributed by atoms with van der Waals surface area (Å²) in [6.07, 6.45) is 9.20. The lowest BCUT2D eigenvalue weighted by molar-refractivity contribution is 0.0921. The Labute approximate surface area is 123 Å². The van der Waals surface area contributed by atoms with Crippen molar-refractivity contribution in [2.24, 2.45) is 5.92 Å². The zero-order valence-corrected chi connectivity index (χ0v) is 12.1. The summed E-state index contributed by atoms with van der Waals surface area (Å²) in [5, 5.41) is 7.15. The van der Waals surface area contributed by atoms with Gasteiger partial charge in [0.1, 0.15) is 12.7 Å². The van der Waals surface area contributed by atoms with Gasteiger partial charge in [-0.2, -0.15) is 5.10 Å². The van der Waals surface area contributed by atoms with E-state index < -0.39 is 0 Å². The molecule has 0 bridgehead atoms. The Morgan fingerprint density at radius 3 is 3.10 bits per heavy atom. The minimum atomic E-state index is -0.0436. The normalized spacial score (nSPS) is 22.0. The molecule has 3 rings (SSSR count). The molecule has 1 saturated carbocycles. The molecule has 21 heavy (non-hydrogen) atoms. The third-order valence-corrected chi connectivity index (χ3v) is 3.93. The Kier molecular flexibility index (Phi) is 3.94. The predicted octanol–water partition coefficient (Wildman–Crippen LogP) is 1.97. The van der Waals surface area contributed by atoms with Gasteiger partial charge in [0, 0.05) is 17.8 Å². The van der Waals surface area contributed by atoms with Crippen LogP contribution in [-0.4, -0.2) is 31.7 Å². The first-order chi connectivity index (χ1) is 10.2. The Bertz CT molecular complexity index is 610. The van der Waals surface area contributed by atoms with E-state index in [0.29, 0.717) is 17.3 Å². The van der Waals surface area contributed by atoms with E-state index in [1.165, 1.54) is 19.2 Å². The molecular formula is C15H19N5O. The second kappa shape index (κ2) is 6.03. The molecule has 2 atom stereocenters. The molecule has 0 aromatic carbocycles. The van der Waals surface area contributed by atoms with Crippen molar-refractivity contribution in [3.63, 3.8) is 0 Å². The number of nitrogens with one attached hydrogen (secondary N) is 1. The minimum Gasteiger partial charge on any atom is -0.349 e. The van der Waals surface area contributed by atoms with E-state index in [2.05, 4.69) is 27.3 Å². The Hall–Kier alpha value is -2.24. The molecule has 0 spiro atoms. The molecule has 6 heteroatoms. The Morgan fingerprint density at radius 2 is 2.33 bits per heavy atom. The van der Waals surface area contributed by atoms with Crippen LogP contribution < -0.4 is 5.32 Å². The third kappa shape index (κ3) is 3.26. The van der Waals surface area contributed by atoms with E-state index in [4.69, 9.17) is 0 Å². The predicted molar refractivity (Wildman–Crippen MR) is 78.0 cm³/mol. The van der Waals surface area contributed by atoms with Gasteiger partial charge in [-0.1, -0.05) is 19.8 Å². The van der Waals surface area contributed by atoms with Crippen molar-refractivity contribution in [3.8, 4) is 5.82 Å². The van der Waals surface area contributed by atoms with Gasteiger partial charge in [0.2, 0.25) is 0 Å². The van der Waals surface area contributed by atoms with Crippen LogP contribution in [0.15, 0.2) is 31.0 Å². The number of carbonyl (C=O) groups excluding carboxylic acids is 1. The van der Waals surface area contributed by atoms with Crippen molar-refractivity contribution < 1.29 is 4.79 Å². The van der Waals surface area contributed by atoms with Crippen LogP contribution in [0.5, 0.6) is 0 Å². The van der Waals surface area contributed by atoms with Crippen LogP contribution >= 0.6 is 0 Å². The Morgan fingerprint density at radius 1 is 1.43 bits per heavy atom. The fourth-order valence-corrected chi connectivity index (χ4v) is 2.85. The van der Waals surface area contributed by atoms with E-state index in [-0.39, 0.29) is 11.9 Å². The van der Waals surface area contributed by atoms with Crippen LogP contribution in [0.2, 0.25) is 0 Å². The smallest absolute Gasteiger partial charge is 0.251 e. The van der Waals surface area contributed by atoms with E-state index in [1.54, 1.807) is 29.3 Å². The van der Waals surface area contributed by atoms with Gasteiger partial charge in [0.15, 0.2) is 5.82 Å². The largest absolute Gasteiger partial charge is 0.349 e. The molecule has 2 aromatic rings. The fourth-order valence-electron chi connectivity index (χ4n) is 2.85. The van der Waals surface area contributed by atoms with E-state index >= 15 is 0 Å². The highest BCUT2D eigenvalue weighted by Gasteiger charge is 2.21. The molecule has 1 amide bonds. The average Bonchev–Trinajstić information content (AvgIpc) is 3.02. The number of hydrogen-bond donors (Lipinski definition) is 1. The topological polar surface area (TPSA) is 72.7 Å². The quantitative estimate of drug-likeness (QED) is 0.935. The summed E-state index contributed by atoms with van der Waals surface area (Å²) in [7, 11) is 0. The highest BCUT2D eigenvalue weighted by molar-refractivity contribution is 5.94. The van der Waals surface area contributed by atoms with Gasteiger partial charge in [0.05, 0.1) is 0 Å². The maximum atomic E-state index is 12.4. The highest BCUT2D eigenvalue weighted by atomic mass is 16.1. The first-order valence-electron chi connectivity index (χ1n) is 7.34. The molecule has 1 fully saturated rings. The molecule has 2 heterocycles. The van der Waals surface area contributed by atoms with Gasteiger partial charge in [0.25, 0.3) is 5.91 Å². The first-order valence-corrected chi connectivity index (χ1v) is 7.34. The van der Waals surface area contributed by atoms with Gasteiger partial charge in [-0.25, -0.2) is 14.6 Å². The first kappa shape index (κ1) is 13.7. The van der Waals surface area contributed by atoms with Gasteiger partial charge >= 0.3 is 0 Å². The van der Waals surface area contributed by atoms with Crippen molar-refractivity contribution in [1.82, 2.24) is 25.1 Å².